The fraction of sp³-hybridized carbons (Fsp3) is 0.200. The average molecular weight is 289 g/mol. The molecule has 104 valence electrons. The Labute approximate surface area is 121 Å². The molecule has 5 heteroatoms. The molecule has 2 aromatic rings. The Morgan fingerprint density at radius 1 is 1.20 bits per heavy atom. The second kappa shape index (κ2) is 6.34. The molecule has 1 N–H and O–H groups in total. The molecule has 20 heavy (non-hydrogen) atoms. The standard InChI is InChI=1S/C15H15NO3S/c1-10-5-7-12(8-6-10)16-14(17)11(2)19-15(18)13-4-3-9-20-13/h3-9,11H,1-2H3,(H,16,17). The lowest BCUT2D eigenvalue weighted by molar-refractivity contribution is -0.123. The van der Waals surface area contributed by atoms with Crippen molar-refractivity contribution < 1.29 is 14.3 Å². The maximum atomic E-state index is 11.9. The predicted molar refractivity (Wildman–Crippen MR) is 79.0 cm³/mol. The van der Waals surface area contributed by atoms with Crippen LogP contribution in [0.2, 0.25) is 0 Å². The third kappa shape index (κ3) is 3.68. The molecule has 1 atom stereocenters. The van der Waals surface area contributed by atoms with Gasteiger partial charge in [-0.15, -0.1) is 11.3 Å². The summed E-state index contributed by atoms with van der Waals surface area (Å²) in [5.74, 6) is -0.828. The van der Waals surface area contributed by atoms with Gasteiger partial charge in [-0.25, -0.2) is 4.79 Å². The van der Waals surface area contributed by atoms with Gasteiger partial charge in [0.25, 0.3) is 5.91 Å². The number of carbonyl (C=O) groups is 2. The molecule has 0 saturated heterocycles. The largest absolute Gasteiger partial charge is 0.448 e. The number of benzene rings is 1. The first-order valence-electron chi connectivity index (χ1n) is 6.18. The number of rotatable bonds is 4. The molecule has 0 bridgehead atoms. The number of nitrogens with one attached hydrogen (secondary N) is 1. The summed E-state index contributed by atoms with van der Waals surface area (Å²) in [6.07, 6.45) is -0.842. The first-order valence-corrected chi connectivity index (χ1v) is 7.06. The van der Waals surface area contributed by atoms with Crippen LogP contribution in [0.4, 0.5) is 5.69 Å². The molecule has 1 amide bonds. The third-order valence-corrected chi connectivity index (χ3v) is 3.54. The van der Waals surface area contributed by atoms with Crippen LogP contribution in [0, 0.1) is 6.92 Å². The Morgan fingerprint density at radius 2 is 1.90 bits per heavy atom. The Morgan fingerprint density at radius 3 is 2.50 bits per heavy atom. The first kappa shape index (κ1) is 14.3. The summed E-state index contributed by atoms with van der Waals surface area (Å²) < 4.78 is 5.11. The molecule has 0 aliphatic carbocycles. The van der Waals surface area contributed by atoms with Gasteiger partial charge in [0.05, 0.1) is 0 Å². The van der Waals surface area contributed by atoms with Crippen LogP contribution in [-0.4, -0.2) is 18.0 Å². The van der Waals surface area contributed by atoms with E-state index in [1.807, 2.05) is 19.1 Å². The smallest absolute Gasteiger partial charge is 0.349 e. The summed E-state index contributed by atoms with van der Waals surface area (Å²) in [5, 5.41) is 4.49. The lowest BCUT2D eigenvalue weighted by Crippen LogP contribution is -2.29. The van der Waals surface area contributed by atoms with E-state index in [0.29, 0.717) is 10.6 Å². The van der Waals surface area contributed by atoms with Crippen molar-refractivity contribution in [3.63, 3.8) is 0 Å². The monoisotopic (exact) mass is 289 g/mol. The topological polar surface area (TPSA) is 55.4 Å². The van der Waals surface area contributed by atoms with Crippen molar-refractivity contribution in [2.45, 2.75) is 20.0 Å². The average Bonchev–Trinajstić information content (AvgIpc) is 2.95. The van der Waals surface area contributed by atoms with Gasteiger partial charge in [-0.2, -0.15) is 0 Å². The van der Waals surface area contributed by atoms with E-state index >= 15 is 0 Å². The molecule has 0 saturated carbocycles. The Bertz CT molecular complexity index is 590. The van der Waals surface area contributed by atoms with Gasteiger partial charge in [-0.1, -0.05) is 23.8 Å². The Balaban J connectivity index is 1.92. The van der Waals surface area contributed by atoms with Gasteiger partial charge in [0.2, 0.25) is 0 Å². The SMILES string of the molecule is Cc1ccc(NC(=O)C(C)OC(=O)c2cccs2)cc1. The highest BCUT2D eigenvalue weighted by molar-refractivity contribution is 7.11. The fourth-order valence-electron chi connectivity index (χ4n) is 1.55. The van der Waals surface area contributed by atoms with Crippen LogP contribution >= 0.6 is 11.3 Å². The highest BCUT2D eigenvalue weighted by Crippen LogP contribution is 2.13. The minimum Gasteiger partial charge on any atom is -0.448 e. The lowest BCUT2D eigenvalue weighted by atomic mass is 10.2. The summed E-state index contributed by atoms with van der Waals surface area (Å²) >= 11 is 1.28. The Kier molecular flexibility index (Phi) is 4.53. The second-order valence-electron chi connectivity index (χ2n) is 4.38. The van der Waals surface area contributed by atoms with Crippen LogP contribution in [0.1, 0.15) is 22.2 Å². The Hall–Kier alpha value is -2.14. The molecule has 0 aliphatic rings. The molecule has 0 aliphatic heterocycles. The number of hydrogen-bond acceptors (Lipinski definition) is 4. The van der Waals surface area contributed by atoms with Gasteiger partial charge in [0, 0.05) is 5.69 Å². The van der Waals surface area contributed by atoms with Crippen molar-refractivity contribution in [3.05, 3.63) is 52.2 Å². The number of esters is 1. The number of anilines is 1. The second-order valence-corrected chi connectivity index (χ2v) is 5.33. The molecule has 4 nitrogen and oxygen atoms in total. The van der Waals surface area contributed by atoms with E-state index in [4.69, 9.17) is 4.74 Å². The highest BCUT2D eigenvalue weighted by Gasteiger charge is 2.19. The van der Waals surface area contributed by atoms with E-state index in [9.17, 15) is 9.59 Å². The summed E-state index contributed by atoms with van der Waals surface area (Å²) in [5.41, 5.74) is 1.79. The van der Waals surface area contributed by atoms with E-state index in [1.54, 1.807) is 36.6 Å². The van der Waals surface area contributed by atoms with Crippen molar-refractivity contribution in [1.29, 1.82) is 0 Å². The van der Waals surface area contributed by atoms with E-state index in [2.05, 4.69) is 5.32 Å². The van der Waals surface area contributed by atoms with Crippen molar-refractivity contribution in [3.8, 4) is 0 Å². The number of ether oxygens (including phenoxy) is 1. The van der Waals surface area contributed by atoms with E-state index in [0.717, 1.165) is 5.56 Å². The normalized spacial score (nSPS) is 11.7. The zero-order valence-electron chi connectivity index (χ0n) is 11.3. The van der Waals surface area contributed by atoms with E-state index < -0.39 is 12.1 Å². The zero-order chi connectivity index (χ0) is 14.5. The summed E-state index contributed by atoms with van der Waals surface area (Å²) in [7, 11) is 0. The molecule has 2 rings (SSSR count). The van der Waals surface area contributed by atoms with Crippen molar-refractivity contribution in [2.24, 2.45) is 0 Å². The highest BCUT2D eigenvalue weighted by atomic mass is 32.1. The molecule has 1 unspecified atom stereocenters. The number of aryl methyl sites for hydroxylation is 1. The van der Waals surface area contributed by atoms with Crippen LogP contribution in [0.15, 0.2) is 41.8 Å². The number of amides is 1. The summed E-state index contributed by atoms with van der Waals surface area (Å²) in [4.78, 5) is 24.1. The molecule has 0 radical (unpaired) electrons. The van der Waals surface area contributed by atoms with Crippen LogP contribution in [-0.2, 0) is 9.53 Å². The predicted octanol–water partition coefficient (Wildman–Crippen LogP) is 3.24. The fourth-order valence-corrected chi connectivity index (χ4v) is 2.15. The number of thiophene rings is 1. The maximum absolute atomic E-state index is 11.9. The van der Waals surface area contributed by atoms with Crippen LogP contribution in [0.3, 0.4) is 0 Å². The molecule has 1 aromatic carbocycles. The van der Waals surface area contributed by atoms with E-state index in [-0.39, 0.29) is 5.91 Å². The quantitative estimate of drug-likeness (QED) is 0.879. The number of carbonyl (C=O) groups excluding carboxylic acids is 2. The van der Waals surface area contributed by atoms with Crippen LogP contribution in [0.25, 0.3) is 0 Å². The van der Waals surface area contributed by atoms with Gasteiger partial charge in [-0.3, -0.25) is 4.79 Å². The van der Waals surface area contributed by atoms with Gasteiger partial charge in [-0.05, 0) is 37.4 Å². The molecule has 0 spiro atoms. The van der Waals surface area contributed by atoms with Gasteiger partial charge < -0.3 is 10.1 Å². The number of hydrogen-bond donors (Lipinski definition) is 1. The molecular formula is C15H15NO3S. The third-order valence-electron chi connectivity index (χ3n) is 2.69. The zero-order valence-corrected chi connectivity index (χ0v) is 12.1. The van der Waals surface area contributed by atoms with Crippen LogP contribution in [0.5, 0.6) is 0 Å². The minimum atomic E-state index is -0.842. The van der Waals surface area contributed by atoms with Crippen molar-refractivity contribution >= 4 is 28.9 Å². The van der Waals surface area contributed by atoms with Crippen molar-refractivity contribution in [1.82, 2.24) is 0 Å². The first-order chi connectivity index (χ1) is 9.56. The van der Waals surface area contributed by atoms with Crippen LogP contribution < -0.4 is 5.32 Å². The molecule has 1 heterocycles. The molecular weight excluding hydrogens is 274 g/mol. The van der Waals surface area contributed by atoms with Gasteiger partial charge in [0.1, 0.15) is 4.88 Å². The minimum absolute atomic E-state index is 0.348. The summed E-state index contributed by atoms with van der Waals surface area (Å²) in [6.45, 7) is 3.52. The van der Waals surface area contributed by atoms with Gasteiger partial charge in [0.15, 0.2) is 6.10 Å². The van der Waals surface area contributed by atoms with Gasteiger partial charge >= 0.3 is 5.97 Å². The summed E-state index contributed by atoms with van der Waals surface area (Å²) in [6, 6.07) is 10.8. The lowest BCUT2D eigenvalue weighted by Gasteiger charge is -2.13. The maximum Gasteiger partial charge on any atom is 0.349 e. The van der Waals surface area contributed by atoms with E-state index in [1.165, 1.54) is 11.3 Å². The van der Waals surface area contributed by atoms with Crippen molar-refractivity contribution in [2.75, 3.05) is 5.32 Å². The molecule has 0 fully saturated rings. The molecule has 1 aromatic heterocycles.